The molecule has 2 heteroatoms. The van der Waals surface area contributed by atoms with E-state index in [1.54, 1.807) is 13.2 Å². The van der Waals surface area contributed by atoms with Crippen LogP contribution >= 0.6 is 0 Å². The van der Waals surface area contributed by atoms with Crippen molar-refractivity contribution in [2.24, 2.45) is 0 Å². The van der Waals surface area contributed by atoms with E-state index in [0.29, 0.717) is 6.42 Å². The Kier molecular flexibility index (Phi) is 3.50. The molecule has 0 aliphatic rings. The van der Waals surface area contributed by atoms with Crippen molar-refractivity contribution in [1.82, 2.24) is 0 Å². The first-order chi connectivity index (χ1) is 6.22. The Morgan fingerprint density at radius 3 is 2.92 bits per heavy atom. The standard InChI is InChI=1S/C11H13FO/c1-9(12)6-7-10-4-3-5-11(8-10)13-2/h3-6,8H,7H2,1-2H3/b9-6-. The van der Waals surface area contributed by atoms with Gasteiger partial charge in [0.25, 0.3) is 0 Å². The fourth-order valence-corrected chi connectivity index (χ4v) is 1.06. The van der Waals surface area contributed by atoms with E-state index in [9.17, 15) is 4.39 Å². The van der Waals surface area contributed by atoms with E-state index in [1.807, 2.05) is 24.3 Å². The molecule has 0 atom stereocenters. The maximum atomic E-state index is 12.4. The van der Waals surface area contributed by atoms with Crippen LogP contribution in [0.5, 0.6) is 5.75 Å². The summed E-state index contributed by atoms with van der Waals surface area (Å²) in [5, 5.41) is 0. The Balaban J connectivity index is 2.72. The normalized spacial score (nSPS) is 11.5. The lowest BCUT2D eigenvalue weighted by atomic mass is 10.1. The van der Waals surface area contributed by atoms with Gasteiger partial charge in [-0.05, 0) is 37.1 Å². The van der Waals surface area contributed by atoms with Gasteiger partial charge >= 0.3 is 0 Å². The molecule has 1 nitrogen and oxygen atoms in total. The molecule has 0 aliphatic heterocycles. The van der Waals surface area contributed by atoms with Crippen molar-refractivity contribution in [2.45, 2.75) is 13.3 Å². The number of allylic oxidation sites excluding steroid dienone is 2. The van der Waals surface area contributed by atoms with E-state index in [-0.39, 0.29) is 5.83 Å². The van der Waals surface area contributed by atoms with Crippen molar-refractivity contribution in [2.75, 3.05) is 7.11 Å². The maximum Gasteiger partial charge on any atom is 0.119 e. The molecule has 0 radical (unpaired) electrons. The third-order valence-electron chi connectivity index (χ3n) is 1.75. The topological polar surface area (TPSA) is 9.23 Å². The molecule has 1 aromatic rings. The zero-order chi connectivity index (χ0) is 9.68. The van der Waals surface area contributed by atoms with Crippen LogP contribution in [-0.4, -0.2) is 7.11 Å². The van der Waals surface area contributed by atoms with Crippen LogP contribution in [0, 0.1) is 0 Å². The van der Waals surface area contributed by atoms with Crippen molar-refractivity contribution in [1.29, 1.82) is 0 Å². The van der Waals surface area contributed by atoms with E-state index >= 15 is 0 Å². The van der Waals surface area contributed by atoms with Gasteiger partial charge in [0.05, 0.1) is 12.9 Å². The Morgan fingerprint density at radius 2 is 2.31 bits per heavy atom. The van der Waals surface area contributed by atoms with Crippen LogP contribution in [0.2, 0.25) is 0 Å². The number of halogens is 1. The summed E-state index contributed by atoms with van der Waals surface area (Å²) in [6.07, 6.45) is 2.16. The summed E-state index contributed by atoms with van der Waals surface area (Å²) in [6, 6.07) is 7.62. The monoisotopic (exact) mass is 180 g/mol. The zero-order valence-electron chi connectivity index (χ0n) is 7.88. The second-order valence-corrected chi connectivity index (χ2v) is 2.85. The Morgan fingerprint density at radius 1 is 1.54 bits per heavy atom. The zero-order valence-corrected chi connectivity index (χ0v) is 7.88. The molecule has 0 aliphatic carbocycles. The quantitative estimate of drug-likeness (QED) is 0.694. The molecule has 0 fully saturated rings. The first-order valence-electron chi connectivity index (χ1n) is 4.17. The molecule has 1 rings (SSSR count). The van der Waals surface area contributed by atoms with E-state index < -0.39 is 0 Å². The second-order valence-electron chi connectivity index (χ2n) is 2.85. The fraction of sp³-hybridized carbons (Fsp3) is 0.273. The van der Waals surface area contributed by atoms with Gasteiger partial charge in [0.2, 0.25) is 0 Å². The molecule has 0 heterocycles. The highest BCUT2D eigenvalue weighted by Gasteiger charge is 1.93. The summed E-state index contributed by atoms with van der Waals surface area (Å²) in [6.45, 7) is 1.44. The van der Waals surface area contributed by atoms with Crippen LogP contribution in [0.1, 0.15) is 12.5 Å². The summed E-state index contributed by atoms with van der Waals surface area (Å²) >= 11 is 0. The molecule has 0 aromatic heterocycles. The lowest BCUT2D eigenvalue weighted by molar-refractivity contribution is 0.414. The smallest absolute Gasteiger partial charge is 0.119 e. The van der Waals surface area contributed by atoms with Crippen molar-refractivity contribution in [3.63, 3.8) is 0 Å². The fourth-order valence-electron chi connectivity index (χ4n) is 1.06. The highest BCUT2D eigenvalue weighted by molar-refractivity contribution is 5.29. The number of hydrogen-bond acceptors (Lipinski definition) is 1. The summed E-state index contributed by atoms with van der Waals surface area (Å²) in [5.41, 5.74) is 1.05. The molecule has 13 heavy (non-hydrogen) atoms. The average Bonchev–Trinajstić information content (AvgIpc) is 2.15. The van der Waals surface area contributed by atoms with E-state index in [1.165, 1.54) is 6.92 Å². The number of benzene rings is 1. The molecule has 0 bridgehead atoms. The summed E-state index contributed by atoms with van der Waals surface area (Å²) in [4.78, 5) is 0. The third kappa shape index (κ3) is 3.28. The summed E-state index contributed by atoms with van der Waals surface area (Å²) in [5.74, 6) is 0.658. The Bertz CT molecular complexity index is 301. The van der Waals surface area contributed by atoms with Gasteiger partial charge in [0, 0.05) is 0 Å². The predicted molar refractivity (Wildman–Crippen MR) is 51.6 cm³/mol. The van der Waals surface area contributed by atoms with Crippen molar-refractivity contribution >= 4 is 0 Å². The molecule has 0 saturated carbocycles. The van der Waals surface area contributed by atoms with Crippen LogP contribution in [-0.2, 0) is 6.42 Å². The number of rotatable bonds is 3. The molecule has 0 amide bonds. The highest BCUT2D eigenvalue weighted by Crippen LogP contribution is 2.13. The van der Waals surface area contributed by atoms with Gasteiger partial charge in [0.1, 0.15) is 5.75 Å². The Hall–Kier alpha value is -1.31. The lowest BCUT2D eigenvalue weighted by Gasteiger charge is -2.01. The SMILES string of the molecule is COc1cccc(C/C=C(/C)F)c1. The van der Waals surface area contributed by atoms with Crippen molar-refractivity contribution in [3.8, 4) is 5.75 Å². The van der Waals surface area contributed by atoms with Crippen LogP contribution in [0.3, 0.4) is 0 Å². The van der Waals surface area contributed by atoms with Gasteiger partial charge in [-0.3, -0.25) is 0 Å². The molecule has 0 spiro atoms. The van der Waals surface area contributed by atoms with Crippen LogP contribution < -0.4 is 4.74 Å². The van der Waals surface area contributed by atoms with Gasteiger partial charge in [0.15, 0.2) is 0 Å². The first kappa shape index (κ1) is 9.78. The second kappa shape index (κ2) is 4.65. The van der Waals surface area contributed by atoms with Crippen LogP contribution in [0.4, 0.5) is 4.39 Å². The van der Waals surface area contributed by atoms with Gasteiger partial charge < -0.3 is 4.74 Å². The average molecular weight is 180 g/mol. The van der Waals surface area contributed by atoms with Crippen LogP contribution in [0.25, 0.3) is 0 Å². The predicted octanol–water partition coefficient (Wildman–Crippen LogP) is 3.11. The van der Waals surface area contributed by atoms with Crippen molar-refractivity contribution in [3.05, 3.63) is 41.7 Å². The summed E-state index contributed by atoms with van der Waals surface area (Å²) in [7, 11) is 1.62. The van der Waals surface area contributed by atoms with E-state index in [4.69, 9.17) is 4.74 Å². The Labute approximate surface area is 77.8 Å². The third-order valence-corrected chi connectivity index (χ3v) is 1.75. The minimum Gasteiger partial charge on any atom is -0.497 e. The number of ether oxygens (including phenoxy) is 1. The molecule has 0 unspecified atom stereocenters. The van der Waals surface area contributed by atoms with Gasteiger partial charge in [-0.15, -0.1) is 0 Å². The number of methoxy groups -OCH3 is 1. The molecule has 0 N–H and O–H groups in total. The lowest BCUT2D eigenvalue weighted by Crippen LogP contribution is -1.85. The molecule has 70 valence electrons. The minimum atomic E-state index is -0.150. The van der Waals surface area contributed by atoms with Gasteiger partial charge in [-0.25, -0.2) is 4.39 Å². The minimum absolute atomic E-state index is 0.150. The molecular weight excluding hydrogens is 167 g/mol. The number of hydrogen-bond donors (Lipinski definition) is 0. The first-order valence-corrected chi connectivity index (χ1v) is 4.17. The summed E-state index contributed by atoms with van der Waals surface area (Å²) < 4.78 is 17.4. The largest absolute Gasteiger partial charge is 0.497 e. The van der Waals surface area contributed by atoms with Gasteiger partial charge in [-0.2, -0.15) is 0 Å². The molecular formula is C11H13FO. The van der Waals surface area contributed by atoms with E-state index in [2.05, 4.69) is 0 Å². The highest BCUT2D eigenvalue weighted by atomic mass is 19.1. The van der Waals surface area contributed by atoms with Crippen molar-refractivity contribution < 1.29 is 9.13 Å². The van der Waals surface area contributed by atoms with Gasteiger partial charge in [-0.1, -0.05) is 12.1 Å². The van der Waals surface area contributed by atoms with E-state index in [0.717, 1.165) is 11.3 Å². The maximum absolute atomic E-state index is 12.4. The van der Waals surface area contributed by atoms with Crippen LogP contribution in [0.15, 0.2) is 36.2 Å². The molecule has 0 saturated heterocycles. The molecule has 1 aromatic carbocycles.